The summed E-state index contributed by atoms with van der Waals surface area (Å²) in [6.07, 6.45) is 0. The first kappa shape index (κ1) is 15.5. The number of carbonyl (C=O) groups is 2. The predicted molar refractivity (Wildman–Crippen MR) is 83.8 cm³/mol. The van der Waals surface area contributed by atoms with E-state index in [9.17, 15) is 14.7 Å². The first-order valence-corrected chi connectivity index (χ1v) is 7.41. The molecule has 0 saturated carbocycles. The van der Waals surface area contributed by atoms with Crippen molar-refractivity contribution in [1.29, 1.82) is 0 Å². The van der Waals surface area contributed by atoms with Gasteiger partial charge in [0.1, 0.15) is 4.88 Å². The maximum Gasteiger partial charge on any atom is 0.346 e. The number of carboxylic acids is 1. The van der Waals surface area contributed by atoms with Gasteiger partial charge in [-0.25, -0.2) is 4.79 Å². The molecule has 0 aliphatic carbocycles. The summed E-state index contributed by atoms with van der Waals surface area (Å²) in [5.74, 6) is -0.967. The number of aromatic carboxylic acids is 1. The van der Waals surface area contributed by atoms with Gasteiger partial charge in [-0.15, -0.1) is 11.3 Å². The third-order valence-corrected chi connectivity index (χ3v) is 4.49. The Balaban J connectivity index is 2.27. The van der Waals surface area contributed by atoms with Gasteiger partial charge in [0.25, 0.3) is 0 Å². The van der Waals surface area contributed by atoms with Gasteiger partial charge in [0.2, 0.25) is 5.91 Å². The molecule has 0 radical (unpaired) electrons. The Hall–Kier alpha value is -1.92. The third kappa shape index (κ3) is 3.22. The molecule has 2 N–H and O–H groups in total. The van der Waals surface area contributed by atoms with Gasteiger partial charge in [-0.05, 0) is 23.9 Å². The Morgan fingerprint density at radius 2 is 2.00 bits per heavy atom. The molecule has 6 heteroatoms. The average molecular weight is 306 g/mol. The van der Waals surface area contributed by atoms with Crippen molar-refractivity contribution < 1.29 is 14.7 Å². The van der Waals surface area contributed by atoms with E-state index in [-0.39, 0.29) is 11.9 Å². The molecule has 1 unspecified atom stereocenters. The Bertz CT molecular complexity index is 679. The summed E-state index contributed by atoms with van der Waals surface area (Å²) in [7, 11) is 3.40. The van der Waals surface area contributed by atoms with Crippen molar-refractivity contribution in [2.75, 3.05) is 14.1 Å². The van der Waals surface area contributed by atoms with Gasteiger partial charge in [0.05, 0.1) is 6.04 Å². The summed E-state index contributed by atoms with van der Waals surface area (Å²) in [6, 6.07) is 7.23. The van der Waals surface area contributed by atoms with Crippen LogP contribution in [0.3, 0.4) is 0 Å². The van der Waals surface area contributed by atoms with Crippen molar-refractivity contribution in [2.24, 2.45) is 0 Å². The lowest BCUT2D eigenvalue weighted by atomic mass is 10.1. The summed E-state index contributed by atoms with van der Waals surface area (Å²) in [5.41, 5.74) is 0.738. The van der Waals surface area contributed by atoms with E-state index in [4.69, 9.17) is 0 Å². The largest absolute Gasteiger partial charge is 0.477 e. The summed E-state index contributed by atoms with van der Waals surface area (Å²) in [5, 5.41) is 13.4. The van der Waals surface area contributed by atoms with Gasteiger partial charge >= 0.3 is 5.97 Å². The number of carbonyl (C=O) groups excluding carboxylic acids is 1. The Labute approximate surface area is 127 Å². The molecule has 0 aliphatic rings. The van der Waals surface area contributed by atoms with Crippen LogP contribution in [0.25, 0.3) is 10.1 Å². The molecule has 21 heavy (non-hydrogen) atoms. The quantitative estimate of drug-likeness (QED) is 0.888. The summed E-state index contributed by atoms with van der Waals surface area (Å²) in [4.78, 5) is 25.1. The number of likely N-dealkylation sites (N-methyl/N-ethyl adjacent to an activating group) is 1. The van der Waals surface area contributed by atoms with Crippen LogP contribution in [0.4, 0.5) is 0 Å². The number of fused-ring (bicyclic) bond motifs is 1. The highest BCUT2D eigenvalue weighted by atomic mass is 32.1. The number of hydrogen-bond acceptors (Lipinski definition) is 4. The van der Waals surface area contributed by atoms with Crippen LogP contribution in [0.2, 0.25) is 0 Å². The van der Waals surface area contributed by atoms with Crippen molar-refractivity contribution in [3.8, 4) is 0 Å². The molecule has 1 aromatic carbocycles. The second-order valence-electron chi connectivity index (χ2n) is 5.05. The van der Waals surface area contributed by atoms with Crippen LogP contribution in [-0.2, 0) is 11.3 Å². The molecular formula is C15H18N2O3S. The minimum Gasteiger partial charge on any atom is -0.477 e. The number of rotatable bonds is 5. The zero-order chi connectivity index (χ0) is 15.6. The number of hydrogen-bond donors (Lipinski definition) is 2. The smallest absolute Gasteiger partial charge is 0.346 e. The number of amides is 1. The van der Waals surface area contributed by atoms with Crippen molar-refractivity contribution >= 4 is 33.3 Å². The molecule has 1 amide bonds. The molecule has 112 valence electrons. The molecule has 1 heterocycles. The van der Waals surface area contributed by atoms with Crippen LogP contribution in [0.15, 0.2) is 24.3 Å². The lowest BCUT2D eigenvalue weighted by Crippen LogP contribution is -2.41. The average Bonchev–Trinajstić information content (AvgIpc) is 2.82. The molecule has 1 aromatic heterocycles. The van der Waals surface area contributed by atoms with Crippen LogP contribution in [-0.4, -0.2) is 42.0 Å². The molecule has 1 atom stereocenters. The topological polar surface area (TPSA) is 69.6 Å². The van der Waals surface area contributed by atoms with E-state index < -0.39 is 5.97 Å². The summed E-state index contributed by atoms with van der Waals surface area (Å²) < 4.78 is 0.943. The number of nitrogens with one attached hydrogen (secondary N) is 1. The molecule has 0 saturated heterocycles. The number of benzene rings is 1. The molecule has 5 nitrogen and oxygen atoms in total. The zero-order valence-corrected chi connectivity index (χ0v) is 13.0. The second kappa shape index (κ2) is 6.24. The molecular weight excluding hydrogens is 288 g/mol. The summed E-state index contributed by atoms with van der Waals surface area (Å²) >= 11 is 1.26. The fraction of sp³-hybridized carbons (Fsp3) is 0.333. The minimum atomic E-state index is -0.931. The Kier molecular flexibility index (Phi) is 4.59. The van der Waals surface area contributed by atoms with Crippen LogP contribution >= 0.6 is 11.3 Å². The standard InChI is InChI=1S/C15H18N2O3S/c1-9(14(18)17(2)3)16-8-11-10-6-4-5-7-12(10)21-13(11)15(19)20/h4-7,9,16H,8H2,1-3H3,(H,19,20). The molecule has 0 spiro atoms. The van der Waals surface area contributed by atoms with Gasteiger partial charge in [0.15, 0.2) is 0 Å². The van der Waals surface area contributed by atoms with Gasteiger partial charge in [-0.1, -0.05) is 18.2 Å². The monoisotopic (exact) mass is 306 g/mol. The van der Waals surface area contributed by atoms with Gasteiger partial charge in [-0.2, -0.15) is 0 Å². The van der Waals surface area contributed by atoms with Crippen molar-refractivity contribution in [3.63, 3.8) is 0 Å². The van der Waals surface area contributed by atoms with Crippen LogP contribution in [0.5, 0.6) is 0 Å². The van der Waals surface area contributed by atoms with Crippen LogP contribution in [0, 0.1) is 0 Å². The maximum absolute atomic E-state index is 11.8. The van der Waals surface area contributed by atoms with E-state index >= 15 is 0 Å². The second-order valence-corrected chi connectivity index (χ2v) is 6.10. The highest BCUT2D eigenvalue weighted by molar-refractivity contribution is 7.21. The normalized spacial score (nSPS) is 12.3. The molecule has 0 fully saturated rings. The lowest BCUT2D eigenvalue weighted by molar-refractivity contribution is -0.130. The highest BCUT2D eigenvalue weighted by Gasteiger charge is 2.20. The van der Waals surface area contributed by atoms with Gasteiger partial charge in [-0.3, -0.25) is 4.79 Å². The number of carboxylic acid groups (broad SMARTS) is 1. The Morgan fingerprint density at radius 1 is 1.33 bits per heavy atom. The lowest BCUT2D eigenvalue weighted by Gasteiger charge is -2.18. The van der Waals surface area contributed by atoms with E-state index in [1.807, 2.05) is 24.3 Å². The van der Waals surface area contributed by atoms with Crippen LogP contribution < -0.4 is 5.32 Å². The van der Waals surface area contributed by atoms with Crippen molar-refractivity contribution in [1.82, 2.24) is 10.2 Å². The van der Waals surface area contributed by atoms with E-state index in [2.05, 4.69) is 5.32 Å². The molecule has 2 rings (SSSR count). The summed E-state index contributed by atoms with van der Waals surface area (Å²) in [6.45, 7) is 2.13. The number of nitrogens with zero attached hydrogens (tertiary/aromatic N) is 1. The Morgan fingerprint density at radius 3 is 2.62 bits per heavy atom. The maximum atomic E-state index is 11.8. The SMILES string of the molecule is CC(NCc1c(C(=O)O)sc2ccccc12)C(=O)N(C)C. The predicted octanol–water partition coefficient (Wildman–Crippen LogP) is 2.17. The van der Waals surface area contributed by atoms with Gasteiger partial charge < -0.3 is 15.3 Å². The van der Waals surface area contributed by atoms with Crippen molar-refractivity contribution in [2.45, 2.75) is 19.5 Å². The first-order valence-electron chi connectivity index (χ1n) is 6.60. The fourth-order valence-electron chi connectivity index (χ4n) is 2.18. The molecule has 2 aromatic rings. The zero-order valence-electron chi connectivity index (χ0n) is 12.2. The minimum absolute atomic E-state index is 0.0357. The van der Waals surface area contributed by atoms with E-state index in [1.165, 1.54) is 16.2 Å². The van der Waals surface area contributed by atoms with Crippen LogP contribution in [0.1, 0.15) is 22.2 Å². The highest BCUT2D eigenvalue weighted by Crippen LogP contribution is 2.31. The van der Waals surface area contributed by atoms with Gasteiger partial charge in [0, 0.05) is 25.3 Å². The van der Waals surface area contributed by atoms with Crippen molar-refractivity contribution in [3.05, 3.63) is 34.7 Å². The number of thiophene rings is 1. The third-order valence-electron chi connectivity index (χ3n) is 3.29. The van der Waals surface area contributed by atoms with E-state index in [1.54, 1.807) is 21.0 Å². The van der Waals surface area contributed by atoms with E-state index in [0.29, 0.717) is 11.4 Å². The molecule has 0 bridgehead atoms. The first-order chi connectivity index (χ1) is 9.91. The van der Waals surface area contributed by atoms with E-state index in [0.717, 1.165) is 15.6 Å². The fourth-order valence-corrected chi connectivity index (χ4v) is 3.24. The molecule has 0 aliphatic heterocycles.